The summed E-state index contributed by atoms with van der Waals surface area (Å²) >= 11 is 0. The second kappa shape index (κ2) is 7.67. The first-order valence-corrected chi connectivity index (χ1v) is 8.98. The van der Waals surface area contributed by atoms with Gasteiger partial charge >= 0.3 is 6.03 Å². The topological polar surface area (TPSA) is 70.8 Å². The summed E-state index contributed by atoms with van der Waals surface area (Å²) < 4.78 is 11.1. The second-order valence-electron chi connectivity index (χ2n) is 6.47. The number of nitrogens with one attached hydrogen (secondary N) is 1. The van der Waals surface area contributed by atoms with Crippen molar-refractivity contribution in [3.8, 4) is 5.75 Å². The molecule has 2 amide bonds. The van der Waals surface area contributed by atoms with Crippen LogP contribution in [0.25, 0.3) is 11.1 Å². The Labute approximate surface area is 157 Å². The highest BCUT2D eigenvalue weighted by molar-refractivity contribution is 5.91. The van der Waals surface area contributed by atoms with Crippen LogP contribution < -0.4 is 10.1 Å². The van der Waals surface area contributed by atoms with Crippen LogP contribution in [-0.2, 0) is 6.54 Å². The van der Waals surface area contributed by atoms with E-state index < -0.39 is 0 Å². The highest BCUT2D eigenvalue weighted by Crippen LogP contribution is 2.23. The van der Waals surface area contributed by atoms with Gasteiger partial charge in [0.2, 0.25) is 5.89 Å². The molecule has 0 bridgehead atoms. The van der Waals surface area contributed by atoms with Gasteiger partial charge in [0.1, 0.15) is 11.3 Å². The van der Waals surface area contributed by atoms with Crippen LogP contribution in [0, 0.1) is 0 Å². The van der Waals surface area contributed by atoms with E-state index in [-0.39, 0.29) is 6.03 Å². The number of oxazole rings is 1. The molecule has 0 radical (unpaired) electrons. The van der Waals surface area contributed by atoms with E-state index in [0.717, 1.165) is 24.2 Å². The van der Waals surface area contributed by atoms with Crippen LogP contribution in [0.2, 0.25) is 0 Å². The molecule has 7 heteroatoms. The SMILES string of the molecule is COc1ccccc1NC(=O)N1CCN(Cc2nc3ccccc3o2)CC1. The molecule has 140 valence electrons. The van der Waals surface area contributed by atoms with Gasteiger partial charge in [-0.3, -0.25) is 4.90 Å². The lowest BCUT2D eigenvalue weighted by molar-refractivity contribution is 0.136. The first kappa shape index (κ1) is 17.4. The maximum absolute atomic E-state index is 12.5. The summed E-state index contributed by atoms with van der Waals surface area (Å²) in [7, 11) is 1.59. The molecule has 1 aromatic heterocycles. The van der Waals surface area contributed by atoms with Crippen molar-refractivity contribution in [1.29, 1.82) is 0 Å². The van der Waals surface area contributed by atoms with Gasteiger partial charge in [0.15, 0.2) is 5.58 Å². The Balaban J connectivity index is 1.32. The molecular formula is C20H22N4O3. The van der Waals surface area contributed by atoms with Gasteiger partial charge in [-0.1, -0.05) is 24.3 Å². The Hall–Kier alpha value is -3.06. The number of piperazine rings is 1. The molecular weight excluding hydrogens is 344 g/mol. The molecule has 1 fully saturated rings. The molecule has 3 aromatic rings. The van der Waals surface area contributed by atoms with Crippen molar-refractivity contribution < 1.29 is 13.9 Å². The molecule has 1 saturated heterocycles. The van der Waals surface area contributed by atoms with Gasteiger partial charge in [0, 0.05) is 26.2 Å². The summed E-state index contributed by atoms with van der Waals surface area (Å²) in [4.78, 5) is 21.1. The van der Waals surface area contributed by atoms with Gasteiger partial charge in [0.05, 0.1) is 19.3 Å². The third-order valence-corrected chi connectivity index (χ3v) is 4.71. The lowest BCUT2D eigenvalue weighted by Crippen LogP contribution is -2.49. The third-order valence-electron chi connectivity index (χ3n) is 4.71. The maximum Gasteiger partial charge on any atom is 0.322 e. The largest absolute Gasteiger partial charge is 0.495 e. The Morgan fingerprint density at radius 1 is 1.11 bits per heavy atom. The molecule has 2 heterocycles. The van der Waals surface area contributed by atoms with E-state index in [1.807, 2.05) is 53.4 Å². The van der Waals surface area contributed by atoms with Gasteiger partial charge in [-0.05, 0) is 24.3 Å². The van der Waals surface area contributed by atoms with Crippen LogP contribution in [0.3, 0.4) is 0 Å². The average molecular weight is 366 g/mol. The fourth-order valence-electron chi connectivity index (χ4n) is 3.23. The number of para-hydroxylation sites is 4. The molecule has 27 heavy (non-hydrogen) atoms. The van der Waals surface area contributed by atoms with Crippen LogP contribution in [-0.4, -0.2) is 54.1 Å². The van der Waals surface area contributed by atoms with E-state index in [2.05, 4.69) is 15.2 Å². The lowest BCUT2D eigenvalue weighted by atomic mass is 10.3. The summed E-state index contributed by atoms with van der Waals surface area (Å²) in [5.41, 5.74) is 2.36. The van der Waals surface area contributed by atoms with E-state index in [9.17, 15) is 4.79 Å². The normalized spacial score (nSPS) is 15.1. The lowest BCUT2D eigenvalue weighted by Gasteiger charge is -2.34. The van der Waals surface area contributed by atoms with Crippen LogP contribution in [0.4, 0.5) is 10.5 Å². The number of aromatic nitrogens is 1. The zero-order valence-corrected chi connectivity index (χ0v) is 15.2. The molecule has 4 rings (SSSR count). The molecule has 1 N–H and O–H groups in total. The highest BCUT2D eigenvalue weighted by Gasteiger charge is 2.23. The first-order chi connectivity index (χ1) is 13.2. The summed E-state index contributed by atoms with van der Waals surface area (Å²) in [6.07, 6.45) is 0. The van der Waals surface area contributed by atoms with Crippen LogP contribution >= 0.6 is 0 Å². The molecule has 0 spiro atoms. The number of carbonyl (C=O) groups excluding carboxylic acids is 1. The number of ether oxygens (including phenoxy) is 1. The third kappa shape index (κ3) is 3.88. The zero-order valence-electron chi connectivity index (χ0n) is 15.2. The van der Waals surface area contributed by atoms with Crippen molar-refractivity contribution in [3.63, 3.8) is 0 Å². The van der Waals surface area contributed by atoms with Crippen molar-refractivity contribution in [2.75, 3.05) is 38.6 Å². The van der Waals surface area contributed by atoms with Crippen molar-refractivity contribution in [2.45, 2.75) is 6.54 Å². The van der Waals surface area contributed by atoms with Gasteiger partial charge in [-0.2, -0.15) is 0 Å². The molecule has 2 aromatic carbocycles. The molecule has 0 unspecified atom stereocenters. The fourth-order valence-corrected chi connectivity index (χ4v) is 3.23. The number of methoxy groups -OCH3 is 1. The zero-order chi connectivity index (χ0) is 18.6. The summed E-state index contributed by atoms with van der Waals surface area (Å²) in [6, 6.07) is 15.1. The van der Waals surface area contributed by atoms with Crippen LogP contribution in [0.15, 0.2) is 52.9 Å². The van der Waals surface area contributed by atoms with Crippen molar-refractivity contribution in [3.05, 3.63) is 54.4 Å². The number of amides is 2. The quantitative estimate of drug-likeness (QED) is 0.768. The Kier molecular flexibility index (Phi) is 4.93. The van der Waals surface area contributed by atoms with Gasteiger partial charge in [-0.15, -0.1) is 0 Å². The summed E-state index contributed by atoms with van der Waals surface area (Å²) in [5, 5.41) is 2.93. The number of hydrogen-bond acceptors (Lipinski definition) is 5. The highest BCUT2D eigenvalue weighted by atomic mass is 16.5. The van der Waals surface area contributed by atoms with Crippen molar-refractivity contribution >= 4 is 22.8 Å². The Morgan fingerprint density at radius 3 is 2.63 bits per heavy atom. The van der Waals surface area contributed by atoms with Crippen LogP contribution in [0.1, 0.15) is 5.89 Å². The average Bonchev–Trinajstić information content (AvgIpc) is 3.11. The number of anilines is 1. The molecule has 0 saturated carbocycles. The number of rotatable bonds is 4. The van der Waals surface area contributed by atoms with E-state index in [1.54, 1.807) is 7.11 Å². The summed E-state index contributed by atoms with van der Waals surface area (Å²) in [6.45, 7) is 3.51. The smallest absolute Gasteiger partial charge is 0.322 e. The number of nitrogens with zero attached hydrogens (tertiary/aromatic N) is 3. The van der Waals surface area contributed by atoms with Gasteiger partial charge in [0.25, 0.3) is 0 Å². The molecule has 7 nitrogen and oxygen atoms in total. The minimum atomic E-state index is -0.110. The maximum atomic E-state index is 12.5. The second-order valence-corrected chi connectivity index (χ2v) is 6.47. The fraction of sp³-hybridized carbons (Fsp3) is 0.300. The number of carbonyl (C=O) groups is 1. The number of urea groups is 1. The van der Waals surface area contributed by atoms with E-state index in [1.165, 1.54) is 0 Å². The standard InChI is InChI=1S/C20H22N4O3/c1-26-17-8-4-2-6-15(17)22-20(25)24-12-10-23(11-13-24)14-19-21-16-7-3-5-9-18(16)27-19/h2-9H,10-14H2,1H3,(H,22,25). The minimum Gasteiger partial charge on any atom is -0.495 e. The van der Waals surface area contributed by atoms with Gasteiger partial charge < -0.3 is 19.4 Å². The van der Waals surface area contributed by atoms with Crippen LogP contribution in [0.5, 0.6) is 5.75 Å². The summed E-state index contributed by atoms with van der Waals surface area (Å²) in [5.74, 6) is 1.36. The predicted molar refractivity (Wildman–Crippen MR) is 103 cm³/mol. The number of benzene rings is 2. The molecule has 0 aliphatic carbocycles. The van der Waals surface area contributed by atoms with Crippen molar-refractivity contribution in [1.82, 2.24) is 14.8 Å². The molecule has 1 aliphatic rings. The predicted octanol–water partition coefficient (Wildman–Crippen LogP) is 3.19. The number of fused-ring (bicyclic) bond motifs is 1. The van der Waals surface area contributed by atoms with E-state index in [0.29, 0.717) is 37.0 Å². The van der Waals surface area contributed by atoms with E-state index in [4.69, 9.17) is 9.15 Å². The minimum absolute atomic E-state index is 0.110. The molecule has 0 atom stereocenters. The Morgan fingerprint density at radius 2 is 1.85 bits per heavy atom. The van der Waals surface area contributed by atoms with E-state index >= 15 is 0 Å². The van der Waals surface area contributed by atoms with Crippen molar-refractivity contribution in [2.24, 2.45) is 0 Å². The van der Waals surface area contributed by atoms with Gasteiger partial charge in [-0.25, -0.2) is 9.78 Å². The first-order valence-electron chi connectivity index (χ1n) is 8.98. The number of hydrogen-bond donors (Lipinski definition) is 1. The Bertz CT molecular complexity index is 899. The molecule has 1 aliphatic heterocycles. The monoisotopic (exact) mass is 366 g/mol.